The fourth-order valence-electron chi connectivity index (χ4n) is 1.94. The summed E-state index contributed by atoms with van der Waals surface area (Å²) in [5.74, 6) is -0.478. The molecule has 0 spiro atoms. The molecule has 1 aromatic rings. The lowest BCUT2D eigenvalue weighted by Gasteiger charge is -2.30. The summed E-state index contributed by atoms with van der Waals surface area (Å²) in [6.45, 7) is 1.61. The molecule has 0 saturated carbocycles. The predicted octanol–water partition coefficient (Wildman–Crippen LogP) is 2.32. The van der Waals surface area contributed by atoms with Crippen LogP contribution in [0.5, 0.6) is 0 Å². The van der Waals surface area contributed by atoms with Gasteiger partial charge in [-0.2, -0.15) is 0 Å². The molecule has 0 aliphatic heterocycles. The number of hydrogen-bond donors (Lipinski definition) is 1. The lowest BCUT2D eigenvalue weighted by Crippen LogP contribution is -2.31. The zero-order valence-electron chi connectivity index (χ0n) is 9.03. The summed E-state index contributed by atoms with van der Waals surface area (Å²) in [5, 5.41) is 10.1. The van der Waals surface area contributed by atoms with Crippen LogP contribution >= 0.6 is 0 Å². The summed E-state index contributed by atoms with van der Waals surface area (Å²) < 4.78 is 13.6. The minimum Gasteiger partial charge on any atom is -0.385 e. The van der Waals surface area contributed by atoms with Crippen LogP contribution in [-0.2, 0) is 4.79 Å². The van der Waals surface area contributed by atoms with Gasteiger partial charge in [0, 0.05) is 12.0 Å². The molecule has 1 unspecified atom stereocenters. The van der Waals surface area contributed by atoms with E-state index in [2.05, 4.69) is 0 Å². The molecular weight excluding hydrogens is 207 g/mol. The van der Waals surface area contributed by atoms with Crippen LogP contribution in [0.1, 0.15) is 25.3 Å². The molecule has 0 saturated heterocycles. The first-order valence-corrected chi connectivity index (χ1v) is 5.23. The zero-order valence-corrected chi connectivity index (χ0v) is 9.03. The monoisotopic (exact) mass is 220 g/mol. The van der Waals surface area contributed by atoms with E-state index in [0.717, 1.165) is 0 Å². The Morgan fingerprint density at radius 2 is 2.06 bits per heavy atom. The number of aliphatic hydroxyl groups is 1. The minimum atomic E-state index is -1.13. The number of carbonyl (C=O) groups is 1. The molecule has 0 fully saturated rings. The Morgan fingerprint density at radius 1 is 1.38 bits per heavy atom. The van der Waals surface area contributed by atoms with Gasteiger partial charge in [0.15, 0.2) is 5.78 Å². The van der Waals surface area contributed by atoms with E-state index in [1.807, 2.05) is 0 Å². The number of hydrogen-bond acceptors (Lipinski definition) is 2. The number of carbonyl (C=O) groups excluding carboxylic acids is 1. The number of rotatable bonds is 1. The summed E-state index contributed by atoms with van der Waals surface area (Å²) >= 11 is 0. The molecule has 16 heavy (non-hydrogen) atoms. The molecule has 1 aliphatic carbocycles. The summed E-state index contributed by atoms with van der Waals surface area (Å²) in [6, 6.07) is 6.17. The zero-order chi connectivity index (χ0) is 11.8. The molecule has 0 aromatic heterocycles. The Balaban J connectivity index is 2.54. The molecule has 1 aliphatic rings. The van der Waals surface area contributed by atoms with Crippen molar-refractivity contribution < 1.29 is 14.3 Å². The van der Waals surface area contributed by atoms with Crippen molar-refractivity contribution >= 4 is 11.4 Å². The highest BCUT2D eigenvalue weighted by atomic mass is 19.1. The van der Waals surface area contributed by atoms with Crippen LogP contribution in [0.2, 0.25) is 0 Å². The predicted molar refractivity (Wildman–Crippen MR) is 59.2 cm³/mol. The van der Waals surface area contributed by atoms with Crippen molar-refractivity contribution in [2.45, 2.75) is 25.4 Å². The van der Waals surface area contributed by atoms with Crippen LogP contribution in [0.4, 0.5) is 4.39 Å². The van der Waals surface area contributed by atoms with Crippen molar-refractivity contribution in [1.82, 2.24) is 0 Å². The van der Waals surface area contributed by atoms with E-state index in [0.29, 0.717) is 24.0 Å². The van der Waals surface area contributed by atoms with E-state index in [1.165, 1.54) is 12.1 Å². The van der Waals surface area contributed by atoms with Gasteiger partial charge in [-0.15, -0.1) is 0 Å². The molecule has 3 heteroatoms. The molecule has 0 heterocycles. The lowest BCUT2D eigenvalue weighted by molar-refractivity contribution is -0.116. The van der Waals surface area contributed by atoms with E-state index in [-0.39, 0.29) is 5.78 Å². The Morgan fingerprint density at radius 3 is 2.75 bits per heavy atom. The van der Waals surface area contributed by atoms with Crippen molar-refractivity contribution in [2.24, 2.45) is 0 Å². The van der Waals surface area contributed by atoms with Crippen molar-refractivity contribution in [2.75, 3.05) is 0 Å². The molecule has 2 nitrogen and oxygen atoms in total. The Kier molecular flexibility index (Phi) is 2.64. The van der Waals surface area contributed by atoms with Gasteiger partial charge in [0.2, 0.25) is 0 Å². The summed E-state index contributed by atoms with van der Waals surface area (Å²) in [7, 11) is 0. The smallest absolute Gasteiger partial charge is 0.156 e. The maximum Gasteiger partial charge on any atom is 0.156 e. The first kappa shape index (κ1) is 11.0. The van der Waals surface area contributed by atoms with Crippen molar-refractivity contribution in [3.05, 3.63) is 41.7 Å². The molecule has 2 rings (SSSR count). The highest BCUT2D eigenvalue weighted by Crippen LogP contribution is 2.35. The van der Waals surface area contributed by atoms with E-state index < -0.39 is 11.4 Å². The normalized spacial score (nSPS) is 25.4. The highest BCUT2D eigenvalue weighted by molar-refractivity contribution is 6.00. The molecule has 1 N–H and O–H groups in total. The first-order valence-electron chi connectivity index (χ1n) is 5.23. The SMILES string of the molecule is CC1(O)CCC(=O)C=C1c1ccccc1F. The van der Waals surface area contributed by atoms with Crippen molar-refractivity contribution in [3.63, 3.8) is 0 Å². The van der Waals surface area contributed by atoms with E-state index in [4.69, 9.17) is 0 Å². The molecule has 84 valence electrons. The highest BCUT2D eigenvalue weighted by Gasteiger charge is 2.32. The summed E-state index contributed by atoms with van der Waals surface area (Å²) in [6.07, 6.45) is 2.00. The fraction of sp³-hybridized carbons (Fsp3) is 0.308. The maximum absolute atomic E-state index is 13.6. The van der Waals surface area contributed by atoms with E-state index in [9.17, 15) is 14.3 Å². The number of benzene rings is 1. The third kappa shape index (κ3) is 1.91. The molecule has 0 amide bonds. The van der Waals surface area contributed by atoms with Gasteiger partial charge in [-0.05, 0) is 31.1 Å². The number of ketones is 1. The minimum absolute atomic E-state index is 0.0650. The van der Waals surface area contributed by atoms with Gasteiger partial charge >= 0.3 is 0 Å². The maximum atomic E-state index is 13.6. The third-order valence-electron chi connectivity index (χ3n) is 2.91. The molecule has 0 bridgehead atoms. The molecule has 1 atom stereocenters. The van der Waals surface area contributed by atoms with Gasteiger partial charge < -0.3 is 5.11 Å². The average molecular weight is 220 g/mol. The van der Waals surface area contributed by atoms with Crippen LogP contribution in [0.25, 0.3) is 5.57 Å². The second kappa shape index (κ2) is 3.83. The van der Waals surface area contributed by atoms with Gasteiger partial charge in [0.1, 0.15) is 5.82 Å². The van der Waals surface area contributed by atoms with Crippen LogP contribution < -0.4 is 0 Å². The van der Waals surface area contributed by atoms with Gasteiger partial charge in [0.05, 0.1) is 5.60 Å². The number of halogens is 1. The summed E-state index contributed by atoms with van der Waals surface area (Å²) in [4.78, 5) is 11.3. The fourth-order valence-corrected chi connectivity index (χ4v) is 1.94. The largest absolute Gasteiger partial charge is 0.385 e. The first-order chi connectivity index (χ1) is 7.50. The van der Waals surface area contributed by atoms with Gasteiger partial charge in [-0.25, -0.2) is 4.39 Å². The van der Waals surface area contributed by atoms with E-state index >= 15 is 0 Å². The standard InChI is InChI=1S/C13H13FO2/c1-13(16)7-6-9(15)8-11(13)10-4-2-3-5-12(10)14/h2-5,8,16H,6-7H2,1H3. The van der Waals surface area contributed by atoms with E-state index in [1.54, 1.807) is 25.1 Å². The molecule has 1 aromatic carbocycles. The Labute approximate surface area is 93.4 Å². The van der Waals surface area contributed by atoms with Crippen LogP contribution in [0, 0.1) is 5.82 Å². The van der Waals surface area contributed by atoms with Gasteiger partial charge in [-0.3, -0.25) is 4.79 Å². The Bertz CT molecular complexity index is 461. The summed E-state index contributed by atoms with van der Waals surface area (Å²) in [5.41, 5.74) is -0.446. The quantitative estimate of drug-likeness (QED) is 0.788. The van der Waals surface area contributed by atoms with Crippen molar-refractivity contribution in [1.29, 1.82) is 0 Å². The number of allylic oxidation sites excluding steroid dienone is 1. The Hall–Kier alpha value is -1.48. The lowest BCUT2D eigenvalue weighted by atomic mass is 9.80. The molecule has 0 radical (unpaired) electrons. The average Bonchev–Trinajstić information content (AvgIpc) is 2.23. The van der Waals surface area contributed by atoms with Crippen LogP contribution in [0.15, 0.2) is 30.3 Å². The molecular formula is C13H13FO2. The van der Waals surface area contributed by atoms with Crippen LogP contribution in [0.3, 0.4) is 0 Å². The van der Waals surface area contributed by atoms with Gasteiger partial charge in [-0.1, -0.05) is 18.2 Å². The second-order valence-corrected chi connectivity index (χ2v) is 4.28. The topological polar surface area (TPSA) is 37.3 Å². The second-order valence-electron chi connectivity index (χ2n) is 4.28. The third-order valence-corrected chi connectivity index (χ3v) is 2.91. The van der Waals surface area contributed by atoms with Gasteiger partial charge in [0.25, 0.3) is 0 Å². The van der Waals surface area contributed by atoms with Crippen LogP contribution in [-0.4, -0.2) is 16.5 Å². The van der Waals surface area contributed by atoms with Crippen molar-refractivity contribution in [3.8, 4) is 0 Å².